The van der Waals surface area contributed by atoms with E-state index >= 15 is 0 Å². The Labute approximate surface area is 95.9 Å². The SMILES string of the molecule is Cc1cc(C#N)cc(NCCCC(C)O)n1. The number of anilines is 1. The fourth-order valence-electron chi connectivity index (χ4n) is 1.44. The summed E-state index contributed by atoms with van der Waals surface area (Å²) in [6.07, 6.45) is 1.39. The molecule has 0 aliphatic heterocycles. The van der Waals surface area contributed by atoms with Crippen LogP contribution in [-0.2, 0) is 0 Å². The van der Waals surface area contributed by atoms with Crippen molar-refractivity contribution >= 4 is 5.82 Å². The molecule has 0 aliphatic rings. The zero-order valence-corrected chi connectivity index (χ0v) is 9.70. The molecule has 1 aromatic heterocycles. The highest BCUT2D eigenvalue weighted by molar-refractivity contribution is 5.44. The van der Waals surface area contributed by atoms with Gasteiger partial charge in [0.25, 0.3) is 0 Å². The molecule has 0 bridgehead atoms. The van der Waals surface area contributed by atoms with E-state index in [1.165, 1.54) is 0 Å². The Kier molecular flexibility index (Phi) is 4.74. The summed E-state index contributed by atoms with van der Waals surface area (Å²) in [5.41, 5.74) is 1.45. The summed E-state index contributed by atoms with van der Waals surface area (Å²) in [6, 6.07) is 5.58. The first-order valence-electron chi connectivity index (χ1n) is 5.42. The molecule has 86 valence electrons. The van der Waals surface area contributed by atoms with Gasteiger partial charge in [-0.25, -0.2) is 4.98 Å². The fourth-order valence-corrected chi connectivity index (χ4v) is 1.44. The number of aromatic nitrogens is 1. The highest BCUT2D eigenvalue weighted by atomic mass is 16.3. The maximum atomic E-state index is 9.09. The van der Waals surface area contributed by atoms with Crippen molar-refractivity contribution in [3.63, 3.8) is 0 Å². The maximum absolute atomic E-state index is 9.09. The number of nitriles is 1. The molecule has 0 saturated carbocycles. The minimum atomic E-state index is -0.262. The monoisotopic (exact) mass is 219 g/mol. The van der Waals surface area contributed by atoms with Gasteiger partial charge in [0.15, 0.2) is 0 Å². The van der Waals surface area contributed by atoms with Gasteiger partial charge in [0.2, 0.25) is 0 Å². The summed E-state index contributed by atoms with van der Waals surface area (Å²) in [4.78, 5) is 4.27. The smallest absolute Gasteiger partial charge is 0.127 e. The molecule has 0 amide bonds. The van der Waals surface area contributed by atoms with Gasteiger partial charge in [0.05, 0.1) is 17.7 Å². The lowest BCUT2D eigenvalue weighted by Crippen LogP contribution is -2.08. The van der Waals surface area contributed by atoms with E-state index in [1.807, 2.05) is 6.92 Å². The first-order valence-corrected chi connectivity index (χ1v) is 5.42. The number of hydrogen-bond acceptors (Lipinski definition) is 4. The second-order valence-corrected chi connectivity index (χ2v) is 3.91. The van der Waals surface area contributed by atoms with Crippen molar-refractivity contribution < 1.29 is 5.11 Å². The number of nitrogens with zero attached hydrogens (tertiary/aromatic N) is 2. The molecular formula is C12H17N3O. The molecule has 16 heavy (non-hydrogen) atoms. The zero-order chi connectivity index (χ0) is 12.0. The number of hydrogen-bond donors (Lipinski definition) is 2. The number of aliphatic hydroxyl groups is 1. The predicted octanol–water partition coefficient (Wildman–Crippen LogP) is 1.83. The molecule has 1 atom stereocenters. The summed E-state index contributed by atoms with van der Waals surface area (Å²) < 4.78 is 0. The quantitative estimate of drug-likeness (QED) is 0.741. The van der Waals surface area contributed by atoms with Crippen LogP contribution >= 0.6 is 0 Å². The largest absolute Gasteiger partial charge is 0.393 e. The average Bonchev–Trinajstić information content (AvgIpc) is 2.23. The third-order valence-electron chi connectivity index (χ3n) is 2.19. The number of rotatable bonds is 5. The van der Waals surface area contributed by atoms with Crippen molar-refractivity contribution in [2.24, 2.45) is 0 Å². The highest BCUT2D eigenvalue weighted by Gasteiger charge is 2.00. The van der Waals surface area contributed by atoms with Crippen LogP contribution in [0.15, 0.2) is 12.1 Å². The molecule has 0 radical (unpaired) electrons. The van der Waals surface area contributed by atoms with Crippen molar-refractivity contribution in [1.82, 2.24) is 4.98 Å². The molecule has 1 heterocycles. The maximum Gasteiger partial charge on any atom is 0.127 e. The normalized spacial score (nSPS) is 11.9. The van der Waals surface area contributed by atoms with Crippen LogP contribution < -0.4 is 5.32 Å². The van der Waals surface area contributed by atoms with Crippen LogP contribution in [0.4, 0.5) is 5.82 Å². The van der Waals surface area contributed by atoms with Gasteiger partial charge in [-0.2, -0.15) is 5.26 Å². The van der Waals surface area contributed by atoms with E-state index in [9.17, 15) is 0 Å². The van der Waals surface area contributed by atoms with E-state index in [4.69, 9.17) is 10.4 Å². The highest BCUT2D eigenvalue weighted by Crippen LogP contribution is 2.09. The van der Waals surface area contributed by atoms with Crippen LogP contribution in [0.1, 0.15) is 31.0 Å². The van der Waals surface area contributed by atoms with Crippen LogP contribution in [0.2, 0.25) is 0 Å². The molecule has 1 aromatic rings. The van der Waals surface area contributed by atoms with Crippen LogP contribution in [0.25, 0.3) is 0 Å². The molecule has 1 unspecified atom stereocenters. The number of aliphatic hydroxyl groups excluding tert-OH is 1. The second kappa shape index (κ2) is 6.09. The minimum absolute atomic E-state index is 0.262. The van der Waals surface area contributed by atoms with E-state index in [0.717, 1.165) is 30.9 Å². The fraction of sp³-hybridized carbons (Fsp3) is 0.500. The second-order valence-electron chi connectivity index (χ2n) is 3.91. The molecule has 4 nitrogen and oxygen atoms in total. The van der Waals surface area contributed by atoms with Crippen molar-refractivity contribution in [2.75, 3.05) is 11.9 Å². The topological polar surface area (TPSA) is 68.9 Å². The van der Waals surface area contributed by atoms with Crippen molar-refractivity contribution in [3.05, 3.63) is 23.4 Å². The number of aryl methyl sites for hydroxylation is 1. The Morgan fingerprint density at radius 1 is 1.56 bits per heavy atom. The third kappa shape index (κ3) is 4.28. The first kappa shape index (κ1) is 12.5. The van der Waals surface area contributed by atoms with E-state index in [1.54, 1.807) is 19.1 Å². The van der Waals surface area contributed by atoms with Gasteiger partial charge in [-0.3, -0.25) is 0 Å². The predicted molar refractivity (Wildman–Crippen MR) is 63.1 cm³/mol. The average molecular weight is 219 g/mol. The van der Waals surface area contributed by atoms with E-state index in [-0.39, 0.29) is 6.10 Å². The van der Waals surface area contributed by atoms with Gasteiger partial charge < -0.3 is 10.4 Å². The first-order chi connectivity index (χ1) is 7.61. The lowest BCUT2D eigenvalue weighted by atomic mass is 10.2. The number of pyridine rings is 1. The van der Waals surface area contributed by atoms with Gasteiger partial charge in [-0.05, 0) is 38.8 Å². The summed E-state index contributed by atoms with van der Waals surface area (Å²) >= 11 is 0. The Hall–Kier alpha value is -1.60. The van der Waals surface area contributed by atoms with Gasteiger partial charge in [0, 0.05) is 12.2 Å². The molecule has 0 aromatic carbocycles. The third-order valence-corrected chi connectivity index (χ3v) is 2.19. The molecule has 0 spiro atoms. The van der Waals surface area contributed by atoms with Gasteiger partial charge in [0.1, 0.15) is 5.82 Å². The summed E-state index contributed by atoms with van der Waals surface area (Å²) in [7, 11) is 0. The van der Waals surface area contributed by atoms with Crippen molar-refractivity contribution in [3.8, 4) is 6.07 Å². The molecule has 0 saturated heterocycles. The Morgan fingerprint density at radius 3 is 2.94 bits per heavy atom. The Bertz CT molecular complexity index is 382. The zero-order valence-electron chi connectivity index (χ0n) is 9.70. The Morgan fingerprint density at radius 2 is 2.31 bits per heavy atom. The van der Waals surface area contributed by atoms with Gasteiger partial charge in [-0.1, -0.05) is 0 Å². The number of nitrogens with one attached hydrogen (secondary N) is 1. The van der Waals surface area contributed by atoms with Crippen molar-refractivity contribution in [1.29, 1.82) is 5.26 Å². The van der Waals surface area contributed by atoms with Crippen LogP contribution in [0, 0.1) is 18.3 Å². The molecule has 1 rings (SSSR count). The standard InChI is InChI=1S/C12H17N3O/c1-9-6-11(8-13)7-12(15-9)14-5-3-4-10(2)16/h6-7,10,16H,3-5H2,1-2H3,(H,14,15). The van der Waals surface area contributed by atoms with Crippen LogP contribution in [0.3, 0.4) is 0 Å². The summed E-state index contributed by atoms with van der Waals surface area (Å²) in [5.74, 6) is 0.724. The minimum Gasteiger partial charge on any atom is -0.393 e. The summed E-state index contributed by atoms with van der Waals surface area (Å²) in [5, 5.41) is 21.0. The van der Waals surface area contributed by atoms with Crippen LogP contribution in [0.5, 0.6) is 0 Å². The molecular weight excluding hydrogens is 202 g/mol. The van der Waals surface area contributed by atoms with E-state index < -0.39 is 0 Å². The lowest BCUT2D eigenvalue weighted by molar-refractivity contribution is 0.183. The van der Waals surface area contributed by atoms with Crippen LogP contribution in [-0.4, -0.2) is 22.7 Å². The Balaban J connectivity index is 2.48. The van der Waals surface area contributed by atoms with E-state index in [0.29, 0.717) is 5.56 Å². The molecule has 0 aliphatic carbocycles. The summed E-state index contributed by atoms with van der Waals surface area (Å²) in [6.45, 7) is 4.40. The van der Waals surface area contributed by atoms with Crippen molar-refractivity contribution in [2.45, 2.75) is 32.8 Å². The van der Waals surface area contributed by atoms with Gasteiger partial charge >= 0.3 is 0 Å². The van der Waals surface area contributed by atoms with E-state index in [2.05, 4.69) is 16.4 Å². The molecule has 4 heteroatoms. The molecule has 0 fully saturated rings. The lowest BCUT2D eigenvalue weighted by Gasteiger charge is -2.07. The molecule has 2 N–H and O–H groups in total. The van der Waals surface area contributed by atoms with Gasteiger partial charge in [-0.15, -0.1) is 0 Å².